The number of carbonyl (C=O) groups is 4. The standard InChI is InChI=1S/C32H35N7O5/c1-17(33)31(42)38-13-5-9-24(38)29(40)35-19-11-12-22-26(15-19)44-27-16-23(20-7-3-4-8-21(20)28(27)36-22)37-30(41)25-10-6-14-39(25)32(43)18(2)34/h3-4,7-8,11-12,15-18,24-25H,5-6,9-10,13-14,33-34H2,1-2H3,(H,35,40)/t17-,18-,24-,25-/m0/s1. The molecule has 2 aromatic rings. The zero-order chi connectivity index (χ0) is 31.1. The Bertz CT molecular complexity index is 1830. The van der Waals surface area contributed by atoms with Gasteiger partial charge in [0.1, 0.15) is 23.3 Å². The first kappa shape index (κ1) is 29.4. The van der Waals surface area contributed by atoms with Crippen LogP contribution in [0.4, 0.5) is 5.69 Å². The fourth-order valence-electron chi connectivity index (χ4n) is 6.14. The van der Waals surface area contributed by atoms with Crippen LogP contribution in [0.15, 0.2) is 57.9 Å². The van der Waals surface area contributed by atoms with Crippen molar-refractivity contribution < 1.29 is 23.6 Å². The summed E-state index contributed by atoms with van der Waals surface area (Å²) >= 11 is 0. The minimum atomic E-state index is -0.702. The first-order valence-corrected chi connectivity index (χ1v) is 14.9. The number of aromatic nitrogens is 1. The molecule has 0 unspecified atom stereocenters. The van der Waals surface area contributed by atoms with Gasteiger partial charge in [-0.15, -0.1) is 0 Å². The molecule has 3 heterocycles. The minimum absolute atomic E-state index is 0.250. The number of benzene rings is 3. The molecule has 2 aromatic carbocycles. The summed E-state index contributed by atoms with van der Waals surface area (Å²) in [6.45, 7) is 4.18. The van der Waals surface area contributed by atoms with Gasteiger partial charge in [0.15, 0.2) is 11.3 Å². The summed E-state index contributed by atoms with van der Waals surface area (Å²) in [5, 5.41) is 4.80. The van der Waals surface area contributed by atoms with Gasteiger partial charge in [-0.25, -0.2) is 9.98 Å². The van der Waals surface area contributed by atoms with Crippen LogP contribution < -0.4 is 22.1 Å². The van der Waals surface area contributed by atoms with E-state index in [0.717, 1.165) is 17.2 Å². The predicted molar refractivity (Wildman–Crippen MR) is 164 cm³/mol. The molecular formula is C32H35N7O5. The number of fused-ring (bicyclic) bond motifs is 4. The van der Waals surface area contributed by atoms with Gasteiger partial charge in [-0.3, -0.25) is 19.2 Å². The normalized spacial score (nSPS) is 20.4. The second kappa shape index (κ2) is 11.8. The summed E-state index contributed by atoms with van der Waals surface area (Å²) in [5.74, 6) is -0.818. The van der Waals surface area contributed by atoms with E-state index in [9.17, 15) is 19.2 Å². The summed E-state index contributed by atoms with van der Waals surface area (Å²) in [6, 6.07) is 11.7. The number of likely N-dealkylation sites (tertiary alicyclic amines) is 2. The first-order valence-electron chi connectivity index (χ1n) is 14.9. The van der Waals surface area contributed by atoms with E-state index in [4.69, 9.17) is 20.9 Å². The molecule has 4 aliphatic rings. The van der Waals surface area contributed by atoms with E-state index in [1.807, 2.05) is 24.3 Å². The van der Waals surface area contributed by atoms with Crippen LogP contribution in [0.2, 0.25) is 0 Å². The number of carbonyl (C=O) groups excluding carboxylic acids is 4. The van der Waals surface area contributed by atoms with Gasteiger partial charge in [0.25, 0.3) is 5.91 Å². The van der Waals surface area contributed by atoms with E-state index in [1.165, 1.54) is 9.80 Å². The third-order valence-corrected chi connectivity index (χ3v) is 8.31. The van der Waals surface area contributed by atoms with Crippen LogP contribution in [0, 0.1) is 0 Å². The summed E-state index contributed by atoms with van der Waals surface area (Å²) < 4.78 is 6.28. The highest BCUT2D eigenvalue weighted by Crippen LogP contribution is 2.31. The summed E-state index contributed by atoms with van der Waals surface area (Å²) in [6.07, 6.45) is 2.51. The van der Waals surface area contributed by atoms with Crippen molar-refractivity contribution in [2.75, 3.05) is 18.4 Å². The number of amides is 4. The summed E-state index contributed by atoms with van der Waals surface area (Å²) in [5.41, 5.74) is 13.7. The molecule has 0 aromatic heterocycles. The maximum atomic E-state index is 13.4. The highest BCUT2D eigenvalue weighted by molar-refractivity contribution is 6.00. The van der Waals surface area contributed by atoms with Crippen LogP contribution in [-0.2, 0) is 19.2 Å². The average Bonchev–Trinajstić information content (AvgIpc) is 3.70. The molecule has 2 fully saturated rings. The topological polar surface area (TPSA) is 177 Å². The number of nitrogens with zero attached hydrogens (tertiary/aromatic N) is 4. The molecule has 2 saturated heterocycles. The van der Waals surface area contributed by atoms with Gasteiger partial charge in [0.05, 0.1) is 17.4 Å². The molecule has 0 radical (unpaired) electrons. The van der Waals surface area contributed by atoms with Crippen molar-refractivity contribution >= 4 is 51.2 Å². The first-order chi connectivity index (χ1) is 21.1. The zero-order valence-corrected chi connectivity index (χ0v) is 24.7. The maximum absolute atomic E-state index is 13.4. The lowest BCUT2D eigenvalue weighted by molar-refractivity contribution is -0.138. The number of anilines is 1. The molecule has 0 saturated carbocycles. The Morgan fingerprint density at radius 2 is 1.55 bits per heavy atom. The van der Waals surface area contributed by atoms with Gasteiger partial charge in [-0.1, -0.05) is 24.3 Å². The largest absolute Gasteiger partial charge is 0.453 e. The highest BCUT2D eigenvalue weighted by atomic mass is 16.3. The summed E-state index contributed by atoms with van der Waals surface area (Å²) in [7, 11) is 0. The van der Waals surface area contributed by atoms with Gasteiger partial charge in [0, 0.05) is 41.7 Å². The third kappa shape index (κ3) is 5.42. The Balaban J connectivity index is 1.36. The van der Waals surface area contributed by atoms with Crippen molar-refractivity contribution in [1.82, 2.24) is 14.8 Å². The Morgan fingerprint density at radius 1 is 0.909 bits per heavy atom. The molecule has 228 valence electrons. The van der Waals surface area contributed by atoms with E-state index in [2.05, 4.69) is 10.3 Å². The van der Waals surface area contributed by atoms with Crippen LogP contribution in [0.1, 0.15) is 39.5 Å². The van der Waals surface area contributed by atoms with Crippen molar-refractivity contribution in [1.29, 1.82) is 0 Å². The van der Waals surface area contributed by atoms with Crippen LogP contribution >= 0.6 is 0 Å². The molecule has 4 atom stereocenters. The van der Waals surface area contributed by atoms with Crippen LogP contribution in [0.5, 0.6) is 0 Å². The maximum Gasteiger partial charge on any atom is 0.269 e. The van der Waals surface area contributed by atoms with Crippen LogP contribution in [-0.4, -0.2) is 75.7 Å². The second-order valence-corrected chi connectivity index (χ2v) is 11.6. The van der Waals surface area contributed by atoms with Crippen LogP contribution in [0.25, 0.3) is 33.3 Å². The molecule has 5 N–H and O–H groups in total. The number of nitrogens with two attached hydrogens (primary N) is 2. The lowest BCUT2D eigenvalue weighted by Gasteiger charge is -2.25. The van der Waals surface area contributed by atoms with Gasteiger partial charge in [0.2, 0.25) is 17.7 Å². The monoisotopic (exact) mass is 597 g/mol. The van der Waals surface area contributed by atoms with Crippen LogP contribution in [0.3, 0.4) is 0 Å². The lowest BCUT2D eigenvalue weighted by Crippen LogP contribution is -2.48. The number of hydrogen-bond donors (Lipinski definition) is 3. The quantitative estimate of drug-likeness (QED) is 0.231. The fourth-order valence-corrected chi connectivity index (χ4v) is 6.14. The smallest absolute Gasteiger partial charge is 0.269 e. The van der Waals surface area contributed by atoms with Crippen molar-refractivity contribution in [2.24, 2.45) is 16.5 Å². The number of rotatable bonds is 5. The van der Waals surface area contributed by atoms with E-state index in [1.54, 1.807) is 38.1 Å². The van der Waals surface area contributed by atoms with E-state index < -0.39 is 30.1 Å². The van der Waals surface area contributed by atoms with Gasteiger partial charge in [-0.2, -0.15) is 0 Å². The number of nitrogens with one attached hydrogen (secondary N) is 1. The van der Waals surface area contributed by atoms with Crippen molar-refractivity contribution in [3.63, 3.8) is 0 Å². The SMILES string of the molecule is C[C@H](N)C(=O)N1CCC[C@H]1C(=O)N=c1cc2oc3cc(NC(=O)[C@@H]4CCCN4C(=O)[C@H](C)N)ccc3nc-2c2ccccc12. The Morgan fingerprint density at radius 3 is 2.23 bits per heavy atom. The molecule has 44 heavy (non-hydrogen) atoms. The lowest BCUT2D eigenvalue weighted by atomic mass is 10.0. The fraction of sp³-hybridized carbons (Fsp3) is 0.375. The van der Waals surface area contributed by atoms with E-state index >= 15 is 0 Å². The number of hydrogen-bond acceptors (Lipinski definition) is 8. The van der Waals surface area contributed by atoms with Gasteiger partial charge < -0.3 is 31.0 Å². The predicted octanol–water partition coefficient (Wildman–Crippen LogP) is 2.13. The highest BCUT2D eigenvalue weighted by Gasteiger charge is 2.36. The molecule has 0 bridgehead atoms. The zero-order valence-electron chi connectivity index (χ0n) is 24.7. The van der Waals surface area contributed by atoms with Gasteiger partial charge in [-0.05, 0) is 51.7 Å². The molecule has 4 amide bonds. The van der Waals surface area contributed by atoms with E-state index in [0.29, 0.717) is 66.0 Å². The van der Waals surface area contributed by atoms with Crippen molar-refractivity contribution in [2.45, 2.75) is 63.7 Å². The third-order valence-electron chi connectivity index (χ3n) is 8.31. The van der Waals surface area contributed by atoms with Gasteiger partial charge >= 0.3 is 0 Å². The summed E-state index contributed by atoms with van der Waals surface area (Å²) in [4.78, 5) is 64.0. The molecule has 1 aliphatic carbocycles. The molecule has 3 aliphatic heterocycles. The second-order valence-electron chi connectivity index (χ2n) is 11.6. The molecule has 12 nitrogen and oxygen atoms in total. The Hall–Kier alpha value is -4.68. The average molecular weight is 598 g/mol. The molecule has 0 spiro atoms. The molecule has 6 rings (SSSR count). The minimum Gasteiger partial charge on any atom is -0.453 e. The molecule has 12 heteroatoms. The van der Waals surface area contributed by atoms with Crippen molar-refractivity contribution in [3.05, 3.63) is 53.9 Å². The van der Waals surface area contributed by atoms with Crippen molar-refractivity contribution in [3.8, 4) is 11.5 Å². The van der Waals surface area contributed by atoms with E-state index in [-0.39, 0.29) is 17.7 Å². The molecular weight excluding hydrogens is 562 g/mol. The Labute approximate surface area is 253 Å². The Kier molecular flexibility index (Phi) is 7.87.